The molecule has 1 aromatic carbocycles. The number of anilines is 1. The lowest BCUT2D eigenvalue weighted by molar-refractivity contribution is -0.129. The van der Waals surface area contributed by atoms with Crippen LogP contribution in [0.25, 0.3) is 10.2 Å². The molecule has 0 aliphatic heterocycles. The summed E-state index contributed by atoms with van der Waals surface area (Å²) in [7, 11) is 1.62. The van der Waals surface area contributed by atoms with Crippen LogP contribution in [0.15, 0.2) is 18.2 Å². The highest BCUT2D eigenvalue weighted by Gasteiger charge is 2.07. The molecule has 0 atom stereocenters. The largest absolute Gasteiger partial charge is 0.497 e. The minimum Gasteiger partial charge on any atom is -0.497 e. The summed E-state index contributed by atoms with van der Waals surface area (Å²) < 4.78 is 6.18. The predicted molar refractivity (Wildman–Crippen MR) is 96.1 cm³/mol. The SMILES string of the molecule is COc1ccc2nc(NCC(=O)NCCCCCC(=O)NO)sc2c1. The number of hydrogen-bond donors (Lipinski definition) is 4. The molecule has 0 bridgehead atoms. The van der Waals surface area contributed by atoms with Crippen molar-refractivity contribution in [3.05, 3.63) is 18.2 Å². The lowest BCUT2D eigenvalue weighted by Gasteiger charge is -2.05. The number of unbranched alkanes of at least 4 members (excludes halogenated alkanes) is 2. The van der Waals surface area contributed by atoms with E-state index in [1.807, 2.05) is 18.2 Å². The molecule has 136 valence electrons. The molecular weight excluding hydrogens is 344 g/mol. The van der Waals surface area contributed by atoms with Crippen molar-refractivity contribution in [3.8, 4) is 5.75 Å². The van der Waals surface area contributed by atoms with Gasteiger partial charge in [0.1, 0.15) is 5.75 Å². The Balaban J connectivity index is 1.65. The Bertz CT molecular complexity index is 719. The Morgan fingerprint density at radius 2 is 2.08 bits per heavy atom. The summed E-state index contributed by atoms with van der Waals surface area (Å²) in [6, 6.07) is 5.64. The van der Waals surface area contributed by atoms with E-state index in [9.17, 15) is 9.59 Å². The number of carbonyl (C=O) groups excluding carboxylic acids is 2. The second-order valence-electron chi connectivity index (χ2n) is 5.40. The van der Waals surface area contributed by atoms with E-state index < -0.39 is 0 Å². The zero-order chi connectivity index (χ0) is 18.1. The van der Waals surface area contributed by atoms with E-state index in [0.29, 0.717) is 18.1 Å². The molecule has 4 N–H and O–H groups in total. The number of ether oxygens (including phenoxy) is 1. The van der Waals surface area contributed by atoms with Crippen molar-refractivity contribution in [2.45, 2.75) is 25.7 Å². The van der Waals surface area contributed by atoms with Gasteiger partial charge in [-0.1, -0.05) is 17.8 Å². The number of nitrogens with one attached hydrogen (secondary N) is 3. The van der Waals surface area contributed by atoms with Crippen LogP contribution in [0.4, 0.5) is 5.13 Å². The number of nitrogens with zero attached hydrogens (tertiary/aromatic N) is 1. The molecule has 0 saturated carbocycles. The third kappa shape index (κ3) is 6.20. The fourth-order valence-electron chi connectivity index (χ4n) is 2.20. The lowest BCUT2D eigenvalue weighted by atomic mass is 10.2. The average Bonchev–Trinajstić information content (AvgIpc) is 3.04. The van der Waals surface area contributed by atoms with E-state index in [4.69, 9.17) is 9.94 Å². The van der Waals surface area contributed by atoms with Crippen LogP contribution in [0.5, 0.6) is 5.75 Å². The van der Waals surface area contributed by atoms with Gasteiger partial charge >= 0.3 is 0 Å². The van der Waals surface area contributed by atoms with Crippen LogP contribution in [0.2, 0.25) is 0 Å². The molecule has 2 aromatic rings. The van der Waals surface area contributed by atoms with Gasteiger partial charge < -0.3 is 15.4 Å². The number of hydroxylamine groups is 1. The van der Waals surface area contributed by atoms with E-state index in [2.05, 4.69) is 15.6 Å². The van der Waals surface area contributed by atoms with Gasteiger partial charge in [0.15, 0.2) is 5.13 Å². The van der Waals surface area contributed by atoms with Crippen LogP contribution in [0.3, 0.4) is 0 Å². The van der Waals surface area contributed by atoms with Crippen LogP contribution >= 0.6 is 11.3 Å². The second kappa shape index (κ2) is 9.80. The van der Waals surface area contributed by atoms with Crippen molar-refractivity contribution in [2.75, 3.05) is 25.5 Å². The van der Waals surface area contributed by atoms with Gasteiger partial charge in [-0.05, 0) is 31.0 Å². The third-order valence-corrected chi connectivity index (χ3v) is 4.50. The van der Waals surface area contributed by atoms with Gasteiger partial charge in [-0.3, -0.25) is 14.8 Å². The van der Waals surface area contributed by atoms with Crippen LogP contribution in [-0.2, 0) is 9.59 Å². The van der Waals surface area contributed by atoms with Gasteiger partial charge in [-0.2, -0.15) is 0 Å². The molecule has 1 heterocycles. The zero-order valence-electron chi connectivity index (χ0n) is 14.0. The molecule has 9 heteroatoms. The van der Waals surface area contributed by atoms with Crippen molar-refractivity contribution >= 4 is 38.5 Å². The number of thiazole rings is 1. The molecule has 0 fully saturated rings. The second-order valence-corrected chi connectivity index (χ2v) is 6.43. The zero-order valence-corrected chi connectivity index (χ0v) is 14.8. The highest BCUT2D eigenvalue weighted by Crippen LogP contribution is 2.28. The van der Waals surface area contributed by atoms with Crippen molar-refractivity contribution in [1.29, 1.82) is 0 Å². The number of fused-ring (bicyclic) bond motifs is 1. The van der Waals surface area contributed by atoms with Crippen LogP contribution in [0.1, 0.15) is 25.7 Å². The average molecular weight is 366 g/mol. The first kappa shape index (κ1) is 18.9. The Labute approximate surface area is 149 Å². The summed E-state index contributed by atoms with van der Waals surface area (Å²) in [5, 5.41) is 14.9. The van der Waals surface area contributed by atoms with Crippen molar-refractivity contribution in [1.82, 2.24) is 15.8 Å². The number of rotatable bonds is 10. The predicted octanol–water partition coefficient (Wildman–Crippen LogP) is 1.90. The Kier molecular flexibility index (Phi) is 7.42. The first-order valence-electron chi connectivity index (χ1n) is 8.00. The lowest BCUT2D eigenvalue weighted by Crippen LogP contribution is -2.30. The quantitative estimate of drug-likeness (QED) is 0.290. The first-order valence-corrected chi connectivity index (χ1v) is 8.82. The van der Waals surface area contributed by atoms with Gasteiger partial charge in [0.2, 0.25) is 11.8 Å². The van der Waals surface area contributed by atoms with E-state index in [1.54, 1.807) is 12.6 Å². The molecule has 25 heavy (non-hydrogen) atoms. The van der Waals surface area contributed by atoms with Crippen LogP contribution < -0.4 is 20.9 Å². The van der Waals surface area contributed by atoms with Gasteiger partial charge in [-0.15, -0.1) is 0 Å². The molecule has 0 saturated heterocycles. The molecular formula is C16H22N4O4S. The van der Waals surface area contributed by atoms with Gasteiger partial charge in [0, 0.05) is 13.0 Å². The van der Waals surface area contributed by atoms with E-state index in [1.165, 1.54) is 11.3 Å². The van der Waals surface area contributed by atoms with Gasteiger partial charge in [0.05, 0.1) is 23.9 Å². The molecule has 0 unspecified atom stereocenters. The fraction of sp³-hybridized carbons (Fsp3) is 0.438. The maximum absolute atomic E-state index is 11.8. The van der Waals surface area contributed by atoms with Crippen LogP contribution in [0, 0.1) is 0 Å². The molecule has 8 nitrogen and oxygen atoms in total. The number of aromatic nitrogens is 1. The Hall–Kier alpha value is -2.39. The molecule has 2 amide bonds. The molecule has 0 spiro atoms. The molecule has 0 aliphatic rings. The summed E-state index contributed by atoms with van der Waals surface area (Å²) >= 11 is 1.47. The van der Waals surface area contributed by atoms with E-state index >= 15 is 0 Å². The van der Waals surface area contributed by atoms with Crippen molar-refractivity contribution in [3.63, 3.8) is 0 Å². The smallest absolute Gasteiger partial charge is 0.243 e. The normalized spacial score (nSPS) is 10.5. The van der Waals surface area contributed by atoms with Crippen LogP contribution in [-0.4, -0.2) is 42.2 Å². The minimum atomic E-state index is -0.387. The minimum absolute atomic E-state index is 0.107. The third-order valence-electron chi connectivity index (χ3n) is 3.52. The number of amides is 2. The highest BCUT2D eigenvalue weighted by atomic mass is 32.1. The number of benzene rings is 1. The Morgan fingerprint density at radius 3 is 2.84 bits per heavy atom. The fourth-order valence-corrected chi connectivity index (χ4v) is 3.09. The Morgan fingerprint density at radius 1 is 1.24 bits per heavy atom. The molecule has 2 rings (SSSR count). The van der Waals surface area contributed by atoms with Gasteiger partial charge in [-0.25, -0.2) is 10.5 Å². The summed E-state index contributed by atoms with van der Waals surface area (Å²) in [6.45, 7) is 0.710. The van der Waals surface area contributed by atoms with Gasteiger partial charge in [0.25, 0.3) is 0 Å². The van der Waals surface area contributed by atoms with E-state index in [0.717, 1.165) is 28.8 Å². The van der Waals surface area contributed by atoms with Crippen molar-refractivity contribution < 1.29 is 19.5 Å². The monoisotopic (exact) mass is 366 g/mol. The molecule has 1 aromatic heterocycles. The standard InChI is InChI=1S/C16H22N4O4S/c1-24-11-6-7-12-13(9-11)25-16(19-12)18-10-15(22)17-8-4-2-3-5-14(21)20-23/h6-7,9,23H,2-5,8,10H2,1H3,(H,17,22)(H,18,19)(H,20,21). The molecule has 0 aliphatic carbocycles. The van der Waals surface area contributed by atoms with Crippen molar-refractivity contribution in [2.24, 2.45) is 0 Å². The topological polar surface area (TPSA) is 113 Å². The first-order chi connectivity index (χ1) is 12.1. The number of hydrogen-bond acceptors (Lipinski definition) is 7. The summed E-state index contributed by atoms with van der Waals surface area (Å²) in [5.41, 5.74) is 2.46. The van der Waals surface area contributed by atoms with E-state index in [-0.39, 0.29) is 24.8 Å². The maximum atomic E-state index is 11.8. The number of methoxy groups -OCH3 is 1. The maximum Gasteiger partial charge on any atom is 0.243 e. The summed E-state index contributed by atoms with van der Waals surface area (Å²) in [5.74, 6) is 0.281. The highest BCUT2D eigenvalue weighted by molar-refractivity contribution is 7.22. The number of carbonyl (C=O) groups is 2. The summed E-state index contributed by atoms with van der Waals surface area (Å²) in [6.07, 6.45) is 2.55. The summed E-state index contributed by atoms with van der Waals surface area (Å²) in [4.78, 5) is 27.0. The molecule has 0 radical (unpaired) electrons.